The molecule has 2 unspecified atom stereocenters. The van der Waals surface area contributed by atoms with Crippen molar-refractivity contribution in [3.05, 3.63) is 0 Å². The van der Waals surface area contributed by atoms with Gasteiger partial charge >= 0.3 is 0 Å². The van der Waals surface area contributed by atoms with Gasteiger partial charge in [0.05, 0.1) is 6.10 Å². The quantitative estimate of drug-likeness (QED) is 0.419. The largest absolute Gasteiger partial charge is 0.377 e. The van der Waals surface area contributed by atoms with Crippen molar-refractivity contribution in [3.8, 4) is 0 Å². The molecule has 3 heteroatoms. The first-order valence-electron chi connectivity index (χ1n) is 6.37. The monoisotopic (exact) mass is 214 g/mol. The first kappa shape index (κ1) is 12.9. The molecule has 1 aliphatic carbocycles. The fourth-order valence-electron chi connectivity index (χ4n) is 2.69. The van der Waals surface area contributed by atoms with Crippen LogP contribution in [0.5, 0.6) is 0 Å². The Hall–Kier alpha value is -0.120. The van der Waals surface area contributed by atoms with Crippen LogP contribution in [-0.4, -0.2) is 18.8 Å². The van der Waals surface area contributed by atoms with Crippen LogP contribution in [0.3, 0.4) is 0 Å². The van der Waals surface area contributed by atoms with Gasteiger partial charge in [0.15, 0.2) is 0 Å². The van der Waals surface area contributed by atoms with Crippen molar-refractivity contribution < 1.29 is 4.74 Å². The molecular weight excluding hydrogens is 188 g/mol. The Balaban J connectivity index is 2.47. The van der Waals surface area contributed by atoms with Crippen molar-refractivity contribution >= 4 is 0 Å². The van der Waals surface area contributed by atoms with Crippen LogP contribution in [0.1, 0.15) is 52.4 Å². The smallest absolute Gasteiger partial charge is 0.0715 e. The molecule has 0 saturated heterocycles. The summed E-state index contributed by atoms with van der Waals surface area (Å²) in [6.45, 7) is 4.93. The van der Waals surface area contributed by atoms with E-state index in [0.717, 1.165) is 6.61 Å². The Bertz CT molecular complexity index is 156. The highest BCUT2D eigenvalue weighted by atomic mass is 16.5. The third-order valence-corrected chi connectivity index (χ3v) is 3.54. The van der Waals surface area contributed by atoms with Crippen LogP contribution >= 0.6 is 0 Å². The summed E-state index contributed by atoms with van der Waals surface area (Å²) >= 11 is 0. The average molecular weight is 214 g/mol. The van der Waals surface area contributed by atoms with Crippen LogP contribution < -0.4 is 11.3 Å². The van der Waals surface area contributed by atoms with E-state index < -0.39 is 0 Å². The minimum atomic E-state index is 0.225. The molecule has 3 nitrogen and oxygen atoms in total. The van der Waals surface area contributed by atoms with Crippen LogP contribution in [-0.2, 0) is 4.74 Å². The minimum absolute atomic E-state index is 0.225. The van der Waals surface area contributed by atoms with Crippen molar-refractivity contribution in [1.82, 2.24) is 5.43 Å². The summed E-state index contributed by atoms with van der Waals surface area (Å²) in [7, 11) is 0. The molecular formula is C12H26N2O. The predicted octanol–water partition coefficient (Wildman–Crippen LogP) is 2.21. The molecule has 2 atom stereocenters. The van der Waals surface area contributed by atoms with Gasteiger partial charge in [0.25, 0.3) is 0 Å². The lowest BCUT2D eigenvalue weighted by atomic mass is 9.89. The molecule has 0 bridgehead atoms. The molecule has 1 saturated carbocycles. The van der Waals surface area contributed by atoms with Gasteiger partial charge in [-0.1, -0.05) is 25.7 Å². The van der Waals surface area contributed by atoms with E-state index in [1.165, 1.54) is 38.5 Å². The summed E-state index contributed by atoms with van der Waals surface area (Å²) in [5, 5.41) is 0. The Morgan fingerprint density at radius 2 is 1.87 bits per heavy atom. The summed E-state index contributed by atoms with van der Waals surface area (Å²) < 4.78 is 5.65. The second-order valence-corrected chi connectivity index (χ2v) is 4.60. The molecule has 0 aliphatic heterocycles. The lowest BCUT2D eigenvalue weighted by molar-refractivity contribution is 0.0273. The van der Waals surface area contributed by atoms with Gasteiger partial charge in [-0.15, -0.1) is 0 Å². The molecule has 0 aromatic rings. The number of hydrogen-bond acceptors (Lipinski definition) is 3. The van der Waals surface area contributed by atoms with E-state index >= 15 is 0 Å². The number of rotatable bonds is 5. The van der Waals surface area contributed by atoms with Crippen LogP contribution in [0.2, 0.25) is 0 Å². The van der Waals surface area contributed by atoms with E-state index in [9.17, 15) is 0 Å². The maximum Gasteiger partial charge on any atom is 0.0715 e. The van der Waals surface area contributed by atoms with Crippen LogP contribution in [0.25, 0.3) is 0 Å². The van der Waals surface area contributed by atoms with E-state index in [4.69, 9.17) is 10.6 Å². The van der Waals surface area contributed by atoms with E-state index in [0.29, 0.717) is 12.0 Å². The first-order valence-corrected chi connectivity index (χ1v) is 6.37. The Labute approximate surface area is 93.7 Å². The van der Waals surface area contributed by atoms with Crippen molar-refractivity contribution in [1.29, 1.82) is 0 Å². The molecule has 1 fully saturated rings. The van der Waals surface area contributed by atoms with Crippen LogP contribution in [0.4, 0.5) is 0 Å². The van der Waals surface area contributed by atoms with E-state index in [-0.39, 0.29) is 6.10 Å². The van der Waals surface area contributed by atoms with Gasteiger partial charge in [-0.2, -0.15) is 0 Å². The van der Waals surface area contributed by atoms with E-state index in [2.05, 4.69) is 12.3 Å². The zero-order chi connectivity index (χ0) is 11.1. The molecule has 1 aliphatic rings. The number of ether oxygens (including phenoxy) is 1. The molecule has 15 heavy (non-hydrogen) atoms. The predicted molar refractivity (Wildman–Crippen MR) is 63.4 cm³/mol. The molecule has 0 radical (unpaired) electrons. The van der Waals surface area contributed by atoms with E-state index in [1.54, 1.807) is 0 Å². The lowest BCUT2D eigenvalue weighted by Gasteiger charge is -2.30. The Morgan fingerprint density at radius 1 is 1.27 bits per heavy atom. The highest BCUT2D eigenvalue weighted by Crippen LogP contribution is 2.27. The number of hydrazine groups is 1. The third-order valence-electron chi connectivity index (χ3n) is 3.54. The molecule has 1 rings (SSSR count). The third kappa shape index (κ3) is 4.09. The maximum atomic E-state index is 5.66. The van der Waals surface area contributed by atoms with Gasteiger partial charge in [0, 0.05) is 12.6 Å². The van der Waals surface area contributed by atoms with Crippen LogP contribution in [0, 0.1) is 5.92 Å². The van der Waals surface area contributed by atoms with Gasteiger partial charge in [0.1, 0.15) is 0 Å². The first-order chi connectivity index (χ1) is 7.29. The zero-order valence-electron chi connectivity index (χ0n) is 10.2. The molecule has 90 valence electrons. The lowest BCUT2D eigenvalue weighted by Crippen LogP contribution is -2.48. The molecule has 0 amide bonds. The summed E-state index contributed by atoms with van der Waals surface area (Å²) in [5.74, 6) is 6.35. The van der Waals surface area contributed by atoms with Crippen molar-refractivity contribution in [2.24, 2.45) is 11.8 Å². The van der Waals surface area contributed by atoms with Gasteiger partial charge in [-0.3, -0.25) is 11.3 Å². The average Bonchev–Trinajstić information content (AvgIpc) is 2.48. The van der Waals surface area contributed by atoms with Gasteiger partial charge in [-0.25, -0.2) is 0 Å². The highest BCUT2D eigenvalue weighted by molar-refractivity contribution is 4.81. The van der Waals surface area contributed by atoms with E-state index in [1.807, 2.05) is 6.92 Å². The van der Waals surface area contributed by atoms with Gasteiger partial charge in [0.2, 0.25) is 0 Å². The normalized spacial score (nSPS) is 23.4. The second kappa shape index (κ2) is 7.20. The van der Waals surface area contributed by atoms with Crippen molar-refractivity contribution in [2.45, 2.75) is 64.5 Å². The summed E-state index contributed by atoms with van der Waals surface area (Å²) in [6, 6.07) is 0.322. The molecule has 0 heterocycles. The van der Waals surface area contributed by atoms with Crippen molar-refractivity contribution in [2.75, 3.05) is 6.61 Å². The SMILES string of the molecule is CCOC(C)C(NN)C1CCCCCC1. The van der Waals surface area contributed by atoms with Crippen molar-refractivity contribution in [3.63, 3.8) is 0 Å². The summed E-state index contributed by atoms with van der Waals surface area (Å²) in [6.07, 6.45) is 8.29. The highest BCUT2D eigenvalue weighted by Gasteiger charge is 2.26. The summed E-state index contributed by atoms with van der Waals surface area (Å²) in [5.41, 5.74) is 2.96. The molecule has 0 aromatic heterocycles. The molecule has 0 aromatic carbocycles. The zero-order valence-corrected chi connectivity index (χ0v) is 10.2. The number of hydrogen-bond donors (Lipinski definition) is 2. The minimum Gasteiger partial charge on any atom is -0.377 e. The van der Waals surface area contributed by atoms with Gasteiger partial charge in [-0.05, 0) is 32.6 Å². The fourth-order valence-corrected chi connectivity index (χ4v) is 2.69. The number of nitrogens with one attached hydrogen (secondary N) is 1. The maximum absolute atomic E-state index is 5.66. The Morgan fingerprint density at radius 3 is 2.33 bits per heavy atom. The fraction of sp³-hybridized carbons (Fsp3) is 1.00. The second-order valence-electron chi connectivity index (χ2n) is 4.60. The molecule has 3 N–H and O–H groups in total. The summed E-state index contributed by atoms with van der Waals surface area (Å²) in [4.78, 5) is 0. The van der Waals surface area contributed by atoms with Gasteiger partial charge < -0.3 is 4.74 Å². The topological polar surface area (TPSA) is 47.3 Å². The van der Waals surface area contributed by atoms with Crippen LogP contribution in [0.15, 0.2) is 0 Å². The standard InChI is InChI=1S/C12H26N2O/c1-3-15-10(2)12(14-13)11-8-6-4-5-7-9-11/h10-12,14H,3-9,13H2,1-2H3. The molecule has 0 spiro atoms. The number of nitrogens with two attached hydrogens (primary N) is 1. The Kier molecular flexibility index (Phi) is 6.22.